The van der Waals surface area contributed by atoms with E-state index in [9.17, 15) is 14.7 Å². The maximum absolute atomic E-state index is 13.4. The van der Waals surface area contributed by atoms with Crippen LogP contribution in [0, 0.1) is 6.92 Å². The quantitative estimate of drug-likeness (QED) is 0.199. The number of rotatable bonds is 7. The van der Waals surface area contributed by atoms with Gasteiger partial charge in [-0.1, -0.05) is 48.0 Å². The number of aromatic nitrogens is 1. The van der Waals surface area contributed by atoms with Gasteiger partial charge in [-0.15, -0.1) is 0 Å². The van der Waals surface area contributed by atoms with E-state index in [0.717, 1.165) is 11.1 Å². The van der Waals surface area contributed by atoms with Crippen LogP contribution in [0.3, 0.4) is 0 Å². The predicted octanol–water partition coefficient (Wildman–Crippen LogP) is 5.60. The molecule has 0 spiro atoms. The zero-order valence-corrected chi connectivity index (χ0v) is 21.0. The van der Waals surface area contributed by atoms with Gasteiger partial charge < -0.3 is 14.6 Å². The summed E-state index contributed by atoms with van der Waals surface area (Å²) < 4.78 is 11.3. The SMILES string of the molecule is COc1ccc(C)cc1/C(O)=C1\C(=O)C(=O)N(c2ccc(OCc3ccccc3)cc2)C1c1cccnc1. The number of aliphatic hydroxyl groups is 1. The number of carbonyl (C=O) groups is 2. The van der Waals surface area contributed by atoms with Crippen LogP contribution in [0.15, 0.2) is 103 Å². The van der Waals surface area contributed by atoms with Crippen molar-refractivity contribution in [2.24, 2.45) is 0 Å². The molecule has 1 N–H and O–H groups in total. The van der Waals surface area contributed by atoms with Gasteiger partial charge in [0.25, 0.3) is 11.7 Å². The molecule has 0 radical (unpaired) electrons. The van der Waals surface area contributed by atoms with Crippen molar-refractivity contribution in [1.82, 2.24) is 4.98 Å². The monoisotopic (exact) mass is 506 g/mol. The Morgan fingerprint density at radius 1 is 0.974 bits per heavy atom. The first-order valence-electron chi connectivity index (χ1n) is 12.1. The van der Waals surface area contributed by atoms with E-state index in [1.54, 1.807) is 60.9 Å². The zero-order chi connectivity index (χ0) is 26.6. The van der Waals surface area contributed by atoms with Gasteiger partial charge in [0.05, 0.1) is 24.3 Å². The molecule has 1 saturated heterocycles. The molecule has 1 unspecified atom stereocenters. The summed E-state index contributed by atoms with van der Waals surface area (Å²) in [5.41, 5.74) is 3.28. The van der Waals surface area contributed by atoms with Crippen LogP contribution < -0.4 is 14.4 Å². The highest BCUT2D eigenvalue weighted by Crippen LogP contribution is 2.43. The van der Waals surface area contributed by atoms with E-state index in [1.807, 2.05) is 43.3 Å². The van der Waals surface area contributed by atoms with Gasteiger partial charge in [0.15, 0.2) is 0 Å². The lowest BCUT2D eigenvalue weighted by molar-refractivity contribution is -0.132. The lowest BCUT2D eigenvalue weighted by Gasteiger charge is -2.25. The second-order valence-corrected chi connectivity index (χ2v) is 8.93. The van der Waals surface area contributed by atoms with Crippen molar-refractivity contribution in [3.05, 3.63) is 125 Å². The Morgan fingerprint density at radius 3 is 2.42 bits per heavy atom. The number of Topliss-reactive ketones (excluding diaryl/α,β-unsaturated/α-hetero) is 1. The Morgan fingerprint density at radius 2 is 1.74 bits per heavy atom. The minimum absolute atomic E-state index is 0.0312. The lowest BCUT2D eigenvalue weighted by atomic mass is 9.95. The van der Waals surface area contributed by atoms with Gasteiger partial charge in [-0.2, -0.15) is 0 Å². The van der Waals surface area contributed by atoms with Crippen molar-refractivity contribution < 1.29 is 24.2 Å². The van der Waals surface area contributed by atoms with Gasteiger partial charge in [0.1, 0.15) is 23.9 Å². The number of benzene rings is 3. The fourth-order valence-corrected chi connectivity index (χ4v) is 4.55. The first-order valence-corrected chi connectivity index (χ1v) is 12.1. The summed E-state index contributed by atoms with van der Waals surface area (Å²) in [7, 11) is 1.49. The van der Waals surface area contributed by atoms with E-state index < -0.39 is 17.7 Å². The number of carbonyl (C=O) groups excluding carboxylic acids is 2. The van der Waals surface area contributed by atoms with Crippen molar-refractivity contribution in [1.29, 1.82) is 0 Å². The maximum Gasteiger partial charge on any atom is 0.300 e. The third-order valence-corrected chi connectivity index (χ3v) is 6.42. The molecule has 7 heteroatoms. The van der Waals surface area contributed by atoms with E-state index in [-0.39, 0.29) is 11.3 Å². The summed E-state index contributed by atoms with van der Waals surface area (Å²) in [5, 5.41) is 11.4. The van der Waals surface area contributed by atoms with E-state index in [1.165, 1.54) is 12.0 Å². The van der Waals surface area contributed by atoms with Gasteiger partial charge in [-0.25, -0.2) is 0 Å². The van der Waals surface area contributed by atoms with Crippen LogP contribution in [0.1, 0.15) is 28.3 Å². The number of methoxy groups -OCH3 is 1. The smallest absolute Gasteiger partial charge is 0.300 e. The number of anilines is 1. The molecule has 0 bridgehead atoms. The van der Waals surface area contributed by atoms with Crippen LogP contribution in [0.25, 0.3) is 5.76 Å². The molecule has 1 atom stereocenters. The first kappa shape index (κ1) is 24.8. The van der Waals surface area contributed by atoms with Crippen molar-refractivity contribution in [3.8, 4) is 11.5 Å². The molecule has 3 aromatic carbocycles. The van der Waals surface area contributed by atoms with E-state index in [2.05, 4.69) is 4.98 Å². The Balaban J connectivity index is 1.55. The topological polar surface area (TPSA) is 89.0 Å². The minimum atomic E-state index is -0.884. The normalized spacial score (nSPS) is 16.5. The van der Waals surface area contributed by atoms with Gasteiger partial charge >= 0.3 is 0 Å². The second-order valence-electron chi connectivity index (χ2n) is 8.93. The lowest BCUT2D eigenvalue weighted by Crippen LogP contribution is -2.29. The van der Waals surface area contributed by atoms with Crippen LogP contribution in [0.4, 0.5) is 5.69 Å². The number of hydrogen-bond acceptors (Lipinski definition) is 6. The number of amides is 1. The maximum atomic E-state index is 13.4. The van der Waals surface area contributed by atoms with Crippen LogP contribution in [-0.2, 0) is 16.2 Å². The third kappa shape index (κ3) is 4.74. The number of ether oxygens (including phenoxy) is 2. The number of aliphatic hydroxyl groups excluding tert-OH is 1. The fourth-order valence-electron chi connectivity index (χ4n) is 4.55. The molecule has 190 valence electrons. The van der Waals surface area contributed by atoms with Gasteiger partial charge in [-0.3, -0.25) is 19.5 Å². The first-order chi connectivity index (χ1) is 18.5. The molecule has 1 aliphatic heterocycles. The summed E-state index contributed by atoms with van der Waals surface area (Å²) in [6.45, 7) is 2.27. The zero-order valence-electron chi connectivity index (χ0n) is 21.0. The summed E-state index contributed by atoms with van der Waals surface area (Å²) in [6.07, 6.45) is 3.19. The number of hydrogen-bond donors (Lipinski definition) is 1. The second kappa shape index (κ2) is 10.6. The highest BCUT2D eigenvalue weighted by molar-refractivity contribution is 6.51. The van der Waals surface area contributed by atoms with Crippen molar-refractivity contribution in [2.75, 3.05) is 12.0 Å². The average molecular weight is 507 g/mol. The van der Waals surface area contributed by atoms with Crippen LogP contribution in [0.5, 0.6) is 11.5 Å². The largest absolute Gasteiger partial charge is 0.507 e. The highest BCUT2D eigenvalue weighted by atomic mass is 16.5. The minimum Gasteiger partial charge on any atom is -0.507 e. The third-order valence-electron chi connectivity index (χ3n) is 6.42. The van der Waals surface area contributed by atoms with Crippen LogP contribution >= 0.6 is 0 Å². The molecule has 0 saturated carbocycles. The summed E-state index contributed by atoms with van der Waals surface area (Å²) >= 11 is 0. The number of aryl methyl sites for hydroxylation is 1. The standard InChI is InChI=1S/C31H26N2O5/c1-20-10-15-26(37-2)25(17-20)29(34)27-28(22-9-6-16-32-18-22)33(31(36)30(27)35)23-11-13-24(14-12-23)38-19-21-7-4-3-5-8-21/h3-18,28,34H,19H2,1-2H3/b29-27+. The number of ketones is 1. The molecular formula is C31H26N2O5. The molecule has 0 aliphatic carbocycles. The predicted molar refractivity (Wildman–Crippen MR) is 144 cm³/mol. The molecule has 1 amide bonds. The highest BCUT2D eigenvalue weighted by Gasteiger charge is 2.47. The van der Waals surface area contributed by atoms with Gasteiger partial charge in [0, 0.05) is 18.1 Å². The molecule has 5 rings (SSSR count). The average Bonchev–Trinajstić information content (AvgIpc) is 3.22. The van der Waals surface area contributed by atoms with Crippen LogP contribution in [-0.4, -0.2) is 28.9 Å². The van der Waals surface area contributed by atoms with Gasteiger partial charge in [0.2, 0.25) is 0 Å². The molecule has 7 nitrogen and oxygen atoms in total. The van der Waals surface area contributed by atoms with Crippen molar-refractivity contribution >= 4 is 23.1 Å². The molecule has 38 heavy (non-hydrogen) atoms. The Hall–Kier alpha value is -4.91. The van der Waals surface area contributed by atoms with Crippen LogP contribution in [0.2, 0.25) is 0 Å². The summed E-state index contributed by atoms with van der Waals surface area (Å²) in [6, 6.07) is 24.6. The fraction of sp³-hybridized carbons (Fsp3) is 0.129. The Bertz CT molecular complexity index is 1500. The van der Waals surface area contributed by atoms with Gasteiger partial charge in [-0.05, 0) is 60.5 Å². The Kier molecular flexibility index (Phi) is 6.91. The number of nitrogens with zero attached hydrogens (tertiary/aromatic N) is 2. The van der Waals surface area contributed by atoms with E-state index >= 15 is 0 Å². The molecule has 4 aromatic rings. The van der Waals surface area contributed by atoms with Crippen molar-refractivity contribution in [3.63, 3.8) is 0 Å². The Labute approximate surface area is 220 Å². The van der Waals surface area contributed by atoms with E-state index in [4.69, 9.17) is 9.47 Å². The molecule has 1 aliphatic rings. The number of pyridine rings is 1. The molecule has 1 aromatic heterocycles. The summed E-state index contributed by atoms with van der Waals surface area (Å²) in [5.74, 6) is -0.821. The van der Waals surface area contributed by atoms with Crippen molar-refractivity contribution in [2.45, 2.75) is 19.6 Å². The molecule has 1 fully saturated rings. The van der Waals surface area contributed by atoms with E-state index in [0.29, 0.717) is 34.9 Å². The molecule has 2 heterocycles. The molecular weight excluding hydrogens is 480 g/mol. The summed E-state index contributed by atoms with van der Waals surface area (Å²) in [4.78, 5) is 32.4.